The van der Waals surface area contributed by atoms with Gasteiger partial charge in [0.15, 0.2) is 0 Å². The first-order valence-electron chi connectivity index (χ1n) is 10.7. The SMILES string of the molecule is O=[N+]([O-])c1ccc(CCN(CCO)c2cc(-c3ccccc3)c3cc([N+](=O)[O-])ccc3n2)cc1. The normalized spacial score (nSPS) is 10.9. The predicted octanol–water partition coefficient (Wildman–Crippen LogP) is 4.76. The lowest BCUT2D eigenvalue weighted by atomic mass is 10.0. The van der Waals surface area contributed by atoms with E-state index in [1.165, 1.54) is 24.3 Å². The summed E-state index contributed by atoms with van der Waals surface area (Å²) in [7, 11) is 0. The molecule has 0 aliphatic heterocycles. The Hall–Kier alpha value is -4.37. The van der Waals surface area contributed by atoms with Crippen LogP contribution in [0.3, 0.4) is 0 Å². The molecule has 172 valence electrons. The van der Waals surface area contributed by atoms with E-state index in [2.05, 4.69) is 0 Å². The second-order valence-electron chi connectivity index (χ2n) is 7.74. The average Bonchev–Trinajstić information content (AvgIpc) is 2.86. The maximum absolute atomic E-state index is 11.3. The third-order valence-electron chi connectivity index (χ3n) is 5.59. The second kappa shape index (κ2) is 10.1. The number of hydrogen-bond donors (Lipinski definition) is 1. The van der Waals surface area contributed by atoms with E-state index in [4.69, 9.17) is 4.98 Å². The highest BCUT2D eigenvalue weighted by atomic mass is 16.6. The first kappa shape index (κ1) is 22.8. The number of benzene rings is 3. The molecule has 9 nitrogen and oxygen atoms in total. The fourth-order valence-electron chi connectivity index (χ4n) is 3.84. The topological polar surface area (TPSA) is 123 Å². The van der Waals surface area contributed by atoms with Gasteiger partial charge in [-0.25, -0.2) is 4.98 Å². The summed E-state index contributed by atoms with van der Waals surface area (Å²) in [6.45, 7) is 0.783. The molecule has 4 aromatic rings. The van der Waals surface area contributed by atoms with Gasteiger partial charge in [-0.05, 0) is 35.2 Å². The van der Waals surface area contributed by atoms with Crippen molar-refractivity contribution in [2.45, 2.75) is 6.42 Å². The van der Waals surface area contributed by atoms with E-state index in [1.807, 2.05) is 41.3 Å². The molecule has 0 unspecified atom stereocenters. The van der Waals surface area contributed by atoms with E-state index in [0.717, 1.165) is 16.7 Å². The van der Waals surface area contributed by atoms with Crippen molar-refractivity contribution < 1.29 is 15.0 Å². The number of anilines is 1. The number of pyridine rings is 1. The van der Waals surface area contributed by atoms with Crippen LogP contribution in [0, 0.1) is 20.2 Å². The lowest BCUT2D eigenvalue weighted by molar-refractivity contribution is -0.385. The molecule has 9 heteroatoms. The summed E-state index contributed by atoms with van der Waals surface area (Å²) in [5.41, 5.74) is 3.27. The lowest BCUT2D eigenvalue weighted by Crippen LogP contribution is -2.29. The minimum Gasteiger partial charge on any atom is -0.395 e. The minimum absolute atomic E-state index is 0.00961. The number of non-ortho nitro benzene ring substituents is 2. The van der Waals surface area contributed by atoms with Crippen LogP contribution in [0.25, 0.3) is 22.0 Å². The Morgan fingerprint density at radius 2 is 1.50 bits per heavy atom. The molecule has 0 saturated heterocycles. The van der Waals surface area contributed by atoms with Gasteiger partial charge in [-0.1, -0.05) is 42.5 Å². The first-order valence-corrected chi connectivity index (χ1v) is 10.7. The number of fused-ring (bicyclic) bond motifs is 1. The minimum atomic E-state index is -0.434. The Morgan fingerprint density at radius 3 is 2.15 bits per heavy atom. The van der Waals surface area contributed by atoms with Crippen molar-refractivity contribution in [2.24, 2.45) is 0 Å². The fraction of sp³-hybridized carbons (Fsp3) is 0.160. The van der Waals surface area contributed by atoms with Crippen LogP contribution in [0.4, 0.5) is 17.2 Å². The highest BCUT2D eigenvalue weighted by molar-refractivity contribution is 5.97. The highest BCUT2D eigenvalue weighted by Gasteiger charge is 2.16. The number of nitrogens with zero attached hydrogens (tertiary/aromatic N) is 4. The molecule has 34 heavy (non-hydrogen) atoms. The van der Waals surface area contributed by atoms with E-state index in [1.54, 1.807) is 18.2 Å². The quantitative estimate of drug-likeness (QED) is 0.283. The Labute approximate surface area is 195 Å². The molecule has 4 rings (SSSR count). The standard InChI is InChI=1S/C25H22N4O5/c30-15-14-27(13-12-18-6-8-20(9-7-18)28(31)32)25-17-22(19-4-2-1-3-5-19)23-16-21(29(33)34)10-11-24(23)26-25/h1-11,16-17,30H,12-15H2. The van der Waals surface area contributed by atoms with Crippen LogP contribution in [-0.4, -0.2) is 39.6 Å². The summed E-state index contributed by atoms with van der Waals surface area (Å²) in [5, 5.41) is 32.6. The van der Waals surface area contributed by atoms with Crippen LogP contribution in [0.5, 0.6) is 0 Å². The molecule has 0 atom stereocenters. The van der Waals surface area contributed by atoms with E-state index in [0.29, 0.717) is 36.2 Å². The van der Waals surface area contributed by atoms with Gasteiger partial charge in [-0.3, -0.25) is 20.2 Å². The molecule has 0 aliphatic carbocycles. The molecule has 0 aliphatic rings. The molecule has 1 heterocycles. The zero-order chi connectivity index (χ0) is 24.1. The molecule has 0 bridgehead atoms. The van der Waals surface area contributed by atoms with Gasteiger partial charge in [-0.15, -0.1) is 0 Å². The van der Waals surface area contributed by atoms with Crippen LogP contribution >= 0.6 is 0 Å². The van der Waals surface area contributed by atoms with Crippen molar-refractivity contribution in [3.05, 3.63) is 105 Å². The number of aliphatic hydroxyl groups excluding tert-OH is 1. The van der Waals surface area contributed by atoms with E-state index in [9.17, 15) is 25.3 Å². The molecular weight excluding hydrogens is 436 g/mol. The smallest absolute Gasteiger partial charge is 0.270 e. The average molecular weight is 458 g/mol. The zero-order valence-corrected chi connectivity index (χ0v) is 18.2. The Kier molecular flexibility index (Phi) is 6.74. The van der Waals surface area contributed by atoms with Crippen molar-refractivity contribution in [2.75, 3.05) is 24.6 Å². The van der Waals surface area contributed by atoms with Crippen LogP contribution in [0.1, 0.15) is 5.56 Å². The summed E-state index contributed by atoms with van der Waals surface area (Å²) in [5.74, 6) is 0.635. The molecule has 0 fully saturated rings. The molecule has 0 radical (unpaired) electrons. The third kappa shape index (κ3) is 5.00. The lowest BCUT2D eigenvalue weighted by Gasteiger charge is -2.24. The number of nitro groups is 2. The van der Waals surface area contributed by atoms with Gasteiger partial charge < -0.3 is 10.0 Å². The Morgan fingerprint density at radius 1 is 0.824 bits per heavy atom. The van der Waals surface area contributed by atoms with Crippen LogP contribution in [-0.2, 0) is 6.42 Å². The summed E-state index contributed by atoms with van der Waals surface area (Å²) in [4.78, 5) is 28.0. The van der Waals surface area contributed by atoms with Crippen molar-refractivity contribution in [3.8, 4) is 11.1 Å². The molecular formula is C25H22N4O5. The molecule has 0 amide bonds. The Balaban J connectivity index is 1.72. The predicted molar refractivity (Wildman–Crippen MR) is 130 cm³/mol. The first-order chi connectivity index (χ1) is 16.5. The third-order valence-corrected chi connectivity index (χ3v) is 5.59. The van der Waals surface area contributed by atoms with Crippen molar-refractivity contribution in [1.82, 2.24) is 4.98 Å². The number of aromatic nitrogens is 1. The van der Waals surface area contributed by atoms with Gasteiger partial charge in [-0.2, -0.15) is 0 Å². The highest BCUT2D eigenvalue weighted by Crippen LogP contribution is 2.33. The molecule has 1 N–H and O–H groups in total. The van der Waals surface area contributed by atoms with Crippen LogP contribution in [0.15, 0.2) is 78.9 Å². The van der Waals surface area contributed by atoms with Gasteiger partial charge in [0.2, 0.25) is 0 Å². The summed E-state index contributed by atoms with van der Waals surface area (Å²) >= 11 is 0. The number of hydrogen-bond acceptors (Lipinski definition) is 7. The number of aliphatic hydroxyl groups is 1. The van der Waals surface area contributed by atoms with Gasteiger partial charge >= 0.3 is 0 Å². The monoisotopic (exact) mass is 458 g/mol. The molecule has 3 aromatic carbocycles. The fourth-order valence-corrected chi connectivity index (χ4v) is 3.84. The number of rotatable bonds is 9. The van der Waals surface area contributed by atoms with E-state index in [-0.39, 0.29) is 18.0 Å². The summed E-state index contributed by atoms with van der Waals surface area (Å²) in [6.07, 6.45) is 0.596. The van der Waals surface area contributed by atoms with Gasteiger partial charge in [0.05, 0.1) is 22.0 Å². The van der Waals surface area contributed by atoms with Crippen LogP contribution < -0.4 is 4.90 Å². The number of nitro benzene ring substituents is 2. The molecule has 0 saturated carbocycles. The van der Waals surface area contributed by atoms with Gasteiger partial charge in [0.25, 0.3) is 11.4 Å². The zero-order valence-electron chi connectivity index (χ0n) is 18.2. The van der Waals surface area contributed by atoms with E-state index < -0.39 is 9.85 Å². The second-order valence-corrected chi connectivity index (χ2v) is 7.74. The summed E-state index contributed by atoms with van der Waals surface area (Å²) < 4.78 is 0. The maximum Gasteiger partial charge on any atom is 0.270 e. The van der Waals surface area contributed by atoms with Crippen molar-refractivity contribution in [3.63, 3.8) is 0 Å². The molecule has 0 spiro atoms. The summed E-state index contributed by atoms with van der Waals surface area (Å²) in [6, 6.07) is 22.4. The molecule has 1 aromatic heterocycles. The maximum atomic E-state index is 11.3. The van der Waals surface area contributed by atoms with Crippen LogP contribution in [0.2, 0.25) is 0 Å². The Bertz CT molecular complexity index is 1330. The van der Waals surface area contributed by atoms with Gasteiger partial charge in [0, 0.05) is 42.7 Å². The van der Waals surface area contributed by atoms with Crippen molar-refractivity contribution >= 4 is 28.1 Å². The largest absolute Gasteiger partial charge is 0.395 e. The van der Waals surface area contributed by atoms with Gasteiger partial charge in [0.1, 0.15) is 5.82 Å². The van der Waals surface area contributed by atoms with Crippen molar-refractivity contribution in [1.29, 1.82) is 0 Å². The van der Waals surface area contributed by atoms with E-state index >= 15 is 0 Å².